The Balaban J connectivity index is 1.84. The van der Waals surface area contributed by atoms with E-state index in [2.05, 4.69) is 15.2 Å². The lowest BCUT2D eigenvalue weighted by atomic mass is 10.1. The molecular weight excluding hydrogens is 392 g/mol. The van der Waals surface area contributed by atoms with E-state index >= 15 is 0 Å². The fraction of sp³-hybridized carbons (Fsp3) is 0.333. The standard InChI is InChI=1S/C24H30N4O3/c1-4-31-21-11-12-22-18(16-21)15-19(23(29)26-22)17-28(14-8-13-27(2)3)24(30)25-20-9-6-5-7-10-20/h5-7,9-12,15-16H,4,8,13-14,17H2,1-3H3,(H,25,30)(H,26,29). The van der Waals surface area contributed by atoms with Crippen molar-refractivity contribution in [3.63, 3.8) is 0 Å². The lowest BCUT2D eigenvalue weighted by Crippen LogP contribution is -2.37. The molecule has 3 rings (SSSR count). The molecule has 1 heterocycles. The maximum absolute atomic E-state index is 13.0. The molecule has 1 aromatic heterocycles. The first kappa shape index (κ1) is 22.4. The third kappa shape index (κ3) is 6.33. The Kier molecular flexibility index (Phi) is 7.67. The highest BCUT2D eigenvalue weighted by Crippen LogP contribution is 2.20. The van der Waals surface area contributed by atoms with E-state index in [0.717, 1.165) is 35.3 Å². The smallest absolute Gasteiger partial charge is 0.322 e. The second-order valence-corrected chi connectivity index (χ2v) is 7.68. The van der Waals surface area contributed by atoms with Crippen LogP contribution in [-0.4, -0.2) is 54.6 Å². The Labute approximate surface area is 182 Å². The molecule has 0 bridgehead atoms. The van der Waals surface area contributed by atoms with Gasteiger partial charge in [0.25, 0.3) is 5.56 Å². The molecule has 0 unspecified atom stereocenters. The van der Waals surface area contributed by atoms with Crippen molar-refractivity contribution < 1.29 is 9.53 Å². The van der Waals surface area contributed by atoms with Crippen LogP contribution in [0.5, 0.6) is 5.75 Å². The maximum atomic E-state index is 13.0. The predicted octanol–water partition coefficient (Wildman–Crippen LogP) is 3.91. The topological polar surface area (TPSA) is 77.7 Å². The summed E-state index contributed by atoms with van der Waals surface area (Å²) in [7, 11) is 4.00. The Bertz CT molecular complexity index is 1060. The molecule has 7 heteroatoms. The number of benzene rings is 2. The minimum atomic E-state index is -0.229. The Morgan fingerprint density at radius 1 is 1.06 bits per heavy atom. The van der Waals surface area contributed by atoms with E-state index in [1.54, 1.807) is 4.90 Å². The van der Waals surface area contributed by atoms with Crippen molar-refractivity contribution in [2.75, 3.05) is 39.1 Å². The van der Waals surface area contributed by atoms with Gasteiger partial charge in [-0.1, -0.05) is 18.2 Å². The third-order valence-corrected chi connectivity index (χ3v) is 4.91. The van der Waals surface area contributed by atoms with Crippen molar-refractivity contribution in [2.24, 2.45) is 0 Å². The fourth-order valence-electron chi connectivity index (χ4n) is 3.36. The highest BCUT2D eigenvalue weighted by Gasteiger charge is 2.16. The molecule has 0 fully saturated rings. The number of H-pyrrole nitrogens is 1. The number of pyridine rings is 1. The maximum Gasteiger partial charge on any atom is 0.322 e. The zero-order valence-corrected chi connectivity index (χ0v) is 18.4. The van der Waals surface area contributed by atoms with Gasteiger partial charge in [0, 0.05) is 28.7 Å². The van der Waals surface area contributed by atoms with E-state index < -0.39 is 0 Å². The van der Waals surface area contributed by atoms with Gasteiger partial charge in [0.2, 0.25) is 0 Å². The highest BCUT2D eigenvalue weighted by atomic mass is 16.5. The van der Waals surface area contributed by atoms with Crippen molar-refractivity contribution in [3.05, 3.63) is 70.5 Å². The van der Waals surface area contributed by atoms with Gasteiger partial charge in [0.1, 0.15) is 5.75 Å². The van der Waals surface area contributed by atoms with Crippen molar-refractivity contribution in [1.29, 1.82) is 0 Å². The summed E-state index contributed by atoms with van der Waals surface area (Å²) >= 11 is 0. The monoisotopic (exact) mass is 422 g/mol. The molecule has 0 aliphatic carbocycles. The molecule has 0 aliphatic rings. The van der Waals surface area contributed by atoms with Crippen LogP contribution in [0, 0.1) is 0 Å². The van der Waals surface area contributed by atoms with E-state index in [-0.39, 0.29) is 18.1 Å². The summed E-state index contributed by atoms with van der Waals surface area (Å²) in [6.07, 6.45) is 0.801. The quantitative estimate of drug-likeness (QED) is 0.548. The Hall–Kier alpha value is -3.32. The lowest BCUT2D eigenvalue weighted by molar-refractivity contribution is 0.205. The normalized spacial score (nSPS) is 11.0. The molecule has 0 aliphatic heterocycles. The predicted molar refractivity (Wildman–Crippen MR) is 125 cm³/mol. The highest BCUT2D eigenvalue weighted by molar-refractivity contribution is 5.89. The van der Waals surface area contributed by atoms with Crippen LogP contribution >= 0.6 is 0 Å². The summed E-state index contributed by atoms with van der Waals surface area (Å²) < 4.78 is 5.57. The second kappa shape index (κ2) is 10.6. The van der Waals surface area contributed by atoms with E-state index in [9.17, 15) is 9.59 Å². The molecule has 0 radical (unpaired) electrons. The average Bonchev–Trinajstić information content (AvgIpc) is 2.74. The van der Waals surface area contributed by atoms with Gasteiger partial charge in [0.05, 0.1) is 13.2 Å². The number of fused-ring (bicyclic) bond motifs is 1. The number of hydrogen-bond acceptors (Lipinski definition) is 4. The number of carbonyl (C=O) groups is 1. The number of ether oxygens (including phenoxy) is 1. The molecule has 164 valence electrons. The number of amides is 2. The molecule has 2 amide bonds. The zero-order valence-electron chi connectivity index (χ0n) is 18.4. The lowest BCUT2D eigenvalue weighted by Gasteiger charge is -2.24. The van der Waals surface area contributed by atoms with Gasteiger partial charge in [0.15, 0.2) is 0 Å². The van der Waals surface area contributed by atoms with Crippen LogP contribution in [0.15, 0.2) is 59.4 Å². The molecule has 7 nitrogen and oxygen atoms in total. The fourth-order valence-corrected chi connectivity index (χ4v) is 3.36. The van der Waals surface area contributed by atoms with Crippen molar-refractivity contribution >= 4 is 22.6 Å². The number of anilines is 1. The average molecular weight is 423 g/mol. The molecule has 0 saturated carbocycles. The van der Waals surface area contributed by atoms with Crippen LogP contribution in [0.25, 0.3) is 10.9 Å². The van der Waals surface area contributed by atoms with Crippen LogP contribution < -0.4 is 15.6 Å². The Morgan fingerprint density at radius 2 is 1.84 bits per heavy atom. The summed E-state index contributed by atoms with van der Waals surface area (Å²) in [4.78, 5) is 32.3. The number of carbonyl (C=O) groups excluding carboxylic acids is 1. The van der Waals surface area contributed by atoms with Crippen LogP contribution in [0.4, 0.5) is 10.5 Å². The first-order valence-electron chi connectivity index (χ1n) is 10.5. The summed E-state index contributed by atoms with van der Waals surface area (Å²) in [6.45, 7) is 4.10. The second-order valence-electron chi connectivity index (χ2n) is 7.68. The molecule has 0 saturated heterocycles. The van der Waals surface area contributed by atoms with Gasteiger partial charge in [-0.3, -0.25) is 4.79 Å². The minimum Gasteiger partial charge on any atom is -0.494 e. The number of nitrogens with zero attached hydrogens (tertiary/aromatic N) is 2. The van der Waals surface area contributed by atoms with Crippen LogP contribution in [0.2, 0.25) is 0 Å². The number of aromatic amines is 1. The van der Waals surface area contributed by atoms with E-state index in [1.165, 1.54) is 0 Å². The number of nitrogens with one attached hydrogen (secondary N) is 2. The number of hydrogen-bond donors (Lipinski definition) is 2. The van der Waals surface area contributed by atoms with Crippen LogP contribution in [0.1, 0.15) is 18.9 Å². The van der Waals surface area contributed by atoms with Crippen molar-refractivity contribution in [1.82, 2.24) is 14.8 Å². The molecule has 3 aromatic rings. The van der Waals surface area contributed by atoms with Crippen molar-refractivity contribution in [3.8, 4) is 5.75 Å². The summed E-state index contributed by atoms with van der Waals surface area (Å²) in [6, 6.07) is 16.5. The molecule has 0 atom stereocenters. The molecule has 31 heavy (non-hydrogen) atoms. The number of urea groups is 1. The minimum absolute atomic E-state index is 0.193. The van der Waals surface area contributed by atoms with Gasteiger partial charge >= 0.3 is 6.03 Å². The van der Waals surface area contributed by atoms with Crippen molar-refractivity contribution in [2.45, 2.75) is 19.9 Å². The van der Waals surface area contributed by atoms with Gasteiger partial charge in [-0.05, 0) is 70.4 Å². The zero-order chi connectivity index (χ0) is 22.2. The van der Waals surface area contributed by atoms with Gasteiger partial charge in [-0.15, -0.1) is 0 Å². The van der Waals surface area contributed by atoms with Gasteiger partial charge in [-0.2, -0.15) is 0 Å². The van der Waals surface area contributed by atoms with Gasteiger partial charge in [-0.25, -0.2) is 4.79 Å². The van der Waals surface area contributed by atoms with Gasteiger partial charge < -0.3 is 24.8 Å². The summed E-state index contributed by atoms with van der Waals surface area (Å²) in [5.74, 6) is 0.748. The molecule has 0 spiro atoms. The van der Waals surface area contributed by atoms with Crippen LogP contribution in [0.3, 0.4) is 0 Å². The summed E-state index contributed by atoms with van der Waals surface area (Å²) in [5, 5.41) is 3.80. The van der Waals surface area contributed by atoms with Crippen LogP contribution in [-0.2, 0) is 6.54 Å². The molecule has 2 N–H and O–H groups in total. The number of rotatable bonds is 9. The third-order valence-electron chi connectivity index (χ3n) is 4.91. The SMILES string of the molecule is CCOc1ccc2[nH]c(=O)c(CN(CCCN(C)C)C(=O)Nc3ccccc3)cc2c1. The number of para-hydroxylation sites is 1. The Morgan fingerprint density at radius 3 is 2.55 bits per heavy atom. The first-order valence-corrected chi connectivity index (χ1v) is 10.5. The van der Waals surface area contributed by atoms with E-state index in [4.69, 9.17) is 4.74 Å². The number of aromatic nitrogens is 1. The first-order chi connectivity index (χ1) is 15.0. The largest absolute Gasteiger partial charge is 0.494 e. The molecule has 2 aromatic carbocycles. The summed E-state index contributed by atoms with van der Waals surface area (Å²) in [5.41, 5.74) is 1.81. The van der Waals surface area contributed by atoms with E-state index in [1.807, 2.05) is 75.6 Å². The molecular formula is C24H30N4O3. The van der Waals surface area contributed by atoms with E-state index in [0.29, 0.717) is 18.7 Å².